The Morgan fingerprint density at radius 3 is 2.97 bits per heavy atom. The van der Waals surface area contributed by atoms with E-state index >= 15 is 4.39 Å². The Kier molecular flexibility index (Phi) is 4.79. The van der Waals surface area contributed by atoms with Crippen LogP contribution in [0.3, 0.4) is 0 Å². The number of hydrogen-bond donors (Lipinski definition) is 2. The van der Waals surface area contributed by atoms with E-state index in [1.165, 1.54) is 17.4 Å². The summed E-state index contributed by atoms with van der Waals surface area (Å²) in [6.45, 7) is 2.32. The number of nitrogens with zero attached hydrogens (tertiary/aromatic N) is 3. The molecule has 176 valence electrons. The summed E-state index contributed by atoms with van der Waals surface area (Å²) >= 11 is 1.21. The Bertz CT molecular complexity index is 1590. The van der Waals surface area contributed by atoms with Gasteiger partial charge in [-0.15, -0.1) is 11.3 Å². The van der Waals surface area contributed by atoms with Crippen molar-refractivity contribution < 1.29 is 19.0 Å². The number of nitrogens with one attached hydrogen (secondary N) is 1. The lowest BCUT2D eigenvalue weighted by Crippen LogP contribution is -2.31. The molecule has 1 fully saturated rings. The van der Waals surface area contributed by atoms with Crippen molar-refractivity contribution in [2.24, 2.45) is 22.7 Å². The molecular formula is C24H23FN4O4S. The Hall–Kier alpha value is -3.24. The van der Waals surface area contributed by atoms with E-state index in [2.05, 4.69) is 27.4 Å². The van der Waals surface area contributed by atoms with Gasteiger partial charge in [0.15, 0.2) is 0 Å². The van der Waals surface area contributed by atoms with Crippen LogP contribution in [0.25, 0.3) is 26.6 Å². The van der Waals surface area contributed by atoms with E-state index in [0.717, 1.165) is 26.1 Å². The third-order valence-corrected chi connectivity index (χ3v) is 8.27. The van der Waals surface area contributed by atoms with Gasteiger partial charge in [0.2, 0.25) is 11.2 Å². The lowest BCUT2D eigenvalue weighted by atomic mass is 9.78. The van der Waals surface area contributed by atoms with Crippen LogP contribution in [0.1, 0.15) is 6.42 Å². The number of carbonyl (C=O) groups is 1. The maximum Gasteiger partial charge on any atom is 0.511 e. The van der Waals surface area contributed by atoms with Crippen molar-refractivity contribution in [3.8, 4) is 5.75 Å². The minimum absolute atomic E-state index is 0.0923. The van der Waals surface area contributed by atoms with Crippen LogP contribution in [0.15, 0.2) is 33.4 Å². The normalized spacial score (nSPS) is 23.1. The topological polar surface area (TPSA) is 95.6 Å². The zero-order chi connectivity index (χ0) is 23.7. The highest BCUT2D eigenvalue weighted by atomic mass is 32.1. The molecule has 10 heteroatoms. The van der Waals surface area contributed by atoms with Crippen LogP contribution in [0.4, 0.5) is 14.9 Å². The molecule has 8 nitrogen and oxygen atoms in total. The van der Waals surface area contributed by atoms with Crippen LogP contribution in [0.5, 0.6) is 5.75 Å². The van der Waals surface area contributed by atoms with Crippen molar-refractivity contribution in [2.75, 3.05) is 38.6 Å². The molecule has 34 heavy (non-hydrogen) atoms. The van der Waals surface area contributed by atoms with Gasteiger partial charge in [-0.3, -0.25) is 14.2 Å². The number of thiazole rings is 1. The third-order valence-electron chi connectivity index (χ3n) is 7.33. The van der Waals surface area contributed by atoms with E-state index in [1.807, 2.05) is 12.4 Å². The van der Waals surface area contributed by atoms with Crippen molar-refractivity contribution in [2.45, 2.75) is 6.42 Å². The molecule has 1 aliphatic carbocycles. The van der Waals surface area contributed by atoms with Gasteiger partial charge in [0.05, 0.1) is 32.9 Å². The highest BCUT2D eigenvalue weighted by Crippen LogP contribution is 2.43. The number of hydrogen-bond acceptors (Lipinski definition) is 7. The summed E-state index contributed by atoms with van der Waals surface area (Å²) in [7, 11) is 3.59. The van der Waals surface area contributed by atoms with E-state index in [-0.39, 0.29) is 11.1 Å². The molecule has 6 rings (SSSR count). The second-order valence-electron chi connectivity index (χ2n) is 9.05. The van der Waals surface area contributed by atoms with Gasteiger partial charge in [-0.25, -0.2) is 9.18 Å². The molecule has 1 aromatic carbocycles. The summed E-state index contributed by atoms with van der Waals surface area (Å²) in [6, 6.07) is 1.23. The van der Waals surface area contributed by atoms with Crippen molar-refractivity contribution in [1.82, 2.24) is 9.72 Å². The van der Waals surface area contributed by atoms with Crippen LogP contribution in [-0.2, 0) is 0 Å². The fraction of sp³-hybridized carbons (Fsp3) is 0.375. The van der Waals surface area contributed by atoms with E-state index < -0.39 is 17.4 Å². The second kappa shape index (κ2) is 7.64. The lowest BCUT2D eigenvalue weighted by Gasteiger charge is -2.28. The molecule has 0 spiro atoms. The molecular weight excluding hydrogens is 459 g/mol. The zero-order valence-corrected chi connectivity index (χ0v) is 19.5. The lowest BCUT2D eigenvalue weighted by molar-refractivity contribution is 0.144. The fourth-order valence-electron chi connectivity index (χ4n) is 6.02. The molecule has 0 amide bonds. The molecule has 3 unspecified atom stereocenters. The van der Waals surface area contributed by atoms with E-state index in [9.17, 15) is 9.59 Å². The van der Waals surface area contributed by atoms with Crippen LogP contribution in [0.2, 0.25) is 0 Å². The Balaban J connectivity index is 1.61. The highest BCUT2D eigenvalue weighted by Gasteiger charge is 2.40. The molecule has 1 saturated heterocycles. The average molecular weight is 483 g/mol. The smallest absolute Gasteiger partial charge is 0.449 e. The van der Waals surface area contributed by atoms with E-state index in [1.54, 1.807) is 11.4 Å². The van der Waals surface area contributed by atoms with Crippen LogP contribution in [0, 0.1) is 23.6 Å². The fourth-order valence-corrected chi connectivity index (χ4v) is 7.00. The van der Waals surface area contributed by atoms with Gasteiger partial charge >= 0.3 is 6.16 Å². The number of anilines is 1. The van der Waals surface area contributed by atoms with Crippen molar-refractivity contribution in [3.05, 3.63) is 45.0 Å². The summed E-state index contributed by atoms with van der Waals surface area (Å²) in [4.78, 5) is 31.4. The van der Waals surface area contributed by atoms with Gasteiger partial charge in [-0.05, 0) is 37.3 Å². The number of pyridine rings is 1. The molecule has 3 atom stereocenters. The quantitative estimate of drug-likeness (QED) is 0.343. The maximum absolute atomic E-state index is 15.8. The van der Waals surface area contributed by atoms with Crippen molar-refractivity contribution >= 4 is 49.8 Å². The highest BCUT2D eigenvalue weighted by molar-refractivity contribution is 7.16. The Morgan fingerprint density at radius 1 is 1.41 bits per heavy atom. The number of halogens is 1. The molecule has 2 N–H and O–H groups in total. The first-order valence-electron chi connectivity index (χ1n) is 11.2. The van der Waals surface area contributed by atoms with Crippen molar-refractivity contribution in [1.29, 1.82) is 0 Å². The molecule has 0 saturated carbocycles. The number of allylic oxidation sites excluding steroid dienone is 1. The van der Waals surface area contributed by atoms with Crippen LogP contribution >= 0.6 is 11.3 Å². The van der Waals surface area contributed by atoms with Gasteiger partial charge in [0.1, 0.15) is 10.6 Å². The third kappa shape index (κ3) is 2.81. The number of ether oxygens (including phenoxy) is 1. The monoisotopic (exact) mass is 482 g/mol. The minimum atomic E-state index is -1.58. The molecule has 0 radical (unpaired) electrons. The summed E-state index contributed by atoms with van der Waals surface area (Å²) in [5.74, 6) is 0.409. The largest absolute Gasteiger partial charge is 0.511 e. The number of aromatic nitrogens is 1. The first kappa shape index (κ1) is 21.3. The van der Waals surface area contributed by atoms with Gasteiger partial charge in [-0.2, -0.15) is 0 Å². The number of fused-ring (bicyclic) bond motifs is 1. The number of rotatable bonds is 4. The summed E-state index contributed by atoms with van der Waals surface area (Å²) in [5.41, 5.74) is 1.09. The maximum atomic E-state index is 15.8. The number of benzene rings is 1. The van der Waals surface area contributed by atoms with E-state index in [4.69, 9.17) is 9.84 Å². The summed E-state index contributed by atoms with van der Waals surface area (Å²) in [5, 5.41) is 15.5. The molecule has 4 heterocycles. The first-order valence-corrected chi connectivity index (χ1v) is 12.1. The molecule has 2 aliphatic rings. The van der Waals surface area contributed by atoms with E-state index in [0.29, 0.717) is 50.0 Å². The molecule has 3 aromatic heterocycles. The SMILES string of the molecule is CN=c1c2c(N3CC4CC=CC(CNC)C4C3)c(F)cc3c(=O)c(OC(=O)O)c4scc1n4c32. The zero-order valence-electron chi connectivity index (χ0n) is 18.7. The van der Waals surface area contributed by atoms with Crippen molar-refractivity contribution in [3.63, 3.8) is 0 Å². The molecule has 4 aromatic rings. The van der Waals surface area contributed by atoms with Crippen LogP contribution < -0.4 is 25.7 Å². The molecule has 1 aliphatic heterocycles. The number of carboxylic acid groups (broad SMARTS) is 1. The average Bonchev–Trinajstić information content (AvgIpc) is 3.49. The Labute approximate surface area is 197 Å². The van der Waals surface area contributed by atoms with Gasteiger partial charge in [0.25, 0.3) is 0 Å². The Morgan fingerprint density at radius 2 is 2.24 bits per heavy atom. The van der Waals surface area contributed by atoms with Crippen LogP contribution in [-0.4, -0.2) is 49.4 Å². The van der Waals surface area contributed by atoms with Gasteiger partial charge < -0.3 is 20.1 Å². The van der Waals surface area contributed by atoms with Gasteiger partial charge in [-0.1, -0.05) is 12.2 Å². The second-order valence-corrected chi connectivity index (χ2v) is 9.91. The predicted octanol–water partition coefficient (Wildman–Crippen LogP) is 3.12. The summed E-state index contributed by atoms with van der Waals surface area (Å²) in [6.07, 6.45) is 3.87. The minimum Gasteiger partial charge on any atom is -0.449 e. The standard InChI is InChI=1S/C24H23FN4O4S/c1-26-7-11-4-3-5-12-8-28(9-14(11)12)20-15(25)6-13-19-17(20)18(27-2)16-10-34-23(29(16)19)22(21(13)30)33-24(31)32/h3-4,6,10-12,14,26H,5,7-9H2,1-2H3,(H,31,32). The summed E-state index contributed by atoms with van der Waals surface area (Å²) < 4.78 is 22.5. The van der Waals surface area contributed by atoms with Gasteiger partial charge in [0, 0.05) is 32.1 Å². The molecule has 0 bridgehead atoms. The first-order chi connectivity index (χ1) is 16.4. The predicted molar refractivity (Wildman–Crippen MR) is 129 cm³/mol.